The molecule has 0 bridgehead atoms. The minimum absolute atomic E-state index is 0.707. The molecule has 0 saturated carbocycles. The molecular weight excluding hydrogens is 152 g/mol. The maximum Gasteiger partial charge on any atom is -0.0000134 e. The first kappa shape index (κ1) is 9.44. The zero-order valence-electron chi connectivity index (χ0n) is 8.18. The number of thioether (sulfide) groups is 1. The fourth-order valence-corrected chi connectivity index (χ4v) is 3.50. The van der Waals surface area contributed by atoms with Crippen LogP contribution in [0.4, 0.5) is 0 Å². The van der Waals surface area contributed by atoms with E-state index in [1.807, 2.05) is 0 Å². The SMILES string of the molecule is CC(C)CC1(C(C)C)CSC1. The van der Waals surface area contributed by atoms with Gasteiger partial charge >= 0.3 is 0 Å². The van der Waals surface area contributed by atoms with Crippen molar-refractivity contribution in [1.82, 2.24) is 0 Å². The maximum atomic E-state index is 2.38. The molecule has 0 N–H and O–H groups in total. The third kappa shape index (κ3) is 1.93. The third-order valence-corrected chi connectivity index (χ3v) is 4.38. The molecule has 1 saturated heterocycles. The summed E-state index contributed by atoms with van der Waals surface area (Å²) in [6.45, 7) is 9.43. The molecular formula is C10H20S. The topological polar surface area (TPSA) is 0 Å². The van der Waals surface area contributed by atoms with Crippen molar-refractivity contribution in [3.63, 3.8) is 0 Å². The highest BCUT2D eigenvalue weighted by molar-refractivity contribution is 8.00. The van der Waals surface area contributed by atoms with Crippen molar-refractivity contribution in [2.24, 2.45) is 17.3 Å². The Labute approximate surface area is 75.1 Å². The average Bonchev–Trinajstić information content (AvgIpc) is 1.77. The number of rotatable bonds is 3. The zero-order valence-corrected chi connectivity index (χ0v) is 9.00. The highest BCUT2D eigenvalue weighted by Crippen LogP contribution is 2.48. The zero-order chi connectivity index (χ0) is 8.48. The minimum atomic E-state index is 0.707. The summed E-state index contributed by atoms with van der Waals surface area (Å²) in [6.07, 6.45) is 1.43. The fourth-order valence-electron chi connectivity index (χ4n) is 1.86. The van der Waals surface area contributed by atoms with Gasteiger partial charge in [0.2, 0.25) is 0 Å². The predicted molar refractivity (Wildman–Crippen MR) is 54.1 cm³/mol. The molecule has 1 rings (SSSR count). The van der Waals surface area contributed by atoms with Gasteiger partial charge in [0.15, 0.2) is 0 Å². The highest BCUT2D eigenvalue weighted by Gasteiger charge is 2.40. The van der Waals surface area contributed by atoms with Crippen LogP contribution in [0.3, 0.4) is 0 Å². The van der Waals surface area contributed by atoms with E-state index < -0.39 is 0 Å². The average molecular weight is 172 g/mol. The first-order chi connectivity index (χ1) is 5.07. The molecule has 1 heterocycles. The van der Waals surface area contributed by atoms with Crippen molar-refractivity contribution in [3.8, 4) is 0 Å². The number of hydrogen-bond acceptors (Lipinski definition) is 1. The summed E-state index contributed by atoms with van der Waals surface area (Å²) >= 11 is 2.11. The lowest BCUT2D eigenvalue weighted by Gasteiger charge is -2.46. The Balaban J connectivity index is 2.47. The summed E-state index contributed by atoms with van der Waals surface area (Å²) in [5.41, 5.74) is 0.707. The van der Waals surface area contributed by atoms with Gasteiger partial charge in [0.25, 0.3) is 0 Å². The van der Waals surface area contributed by atoms with Crippen LogP contribution in [0, 0.1) is 17.3 Å². The van der Waals surface area contributed by atoms with Crippen molar-refractivity contribution in [1.29, 1.82) is 0 Å². The van der Waals surface area contributed by atoms with Crippen LogP contribution in [0.1, 0.15) is 34.1 Å². The highest BCUT2D eigenvalue weighted by atomic mass is 32.2. The molecule has 0 atom stereocenters. The van der Waals surface area contributed by atoms with Gasteiger partial charge < -0.3 is 0 Å². The third-order valence-electron chi connectivity index (χ3n) is 2.82. The molecule has 0 amide bonds. The summed E-state index contributed by atoms with van der Waals surface area (Å²) in [5, 5.41) is 0. The molecule has 0 aromatic heterocycles. The van der Waals surface area contributed by atoms with Crippen molar-refractivity contribution in [3.05, 3.63) is 0 Å². The molecule has 0 aromatic carbocycles. The van der Waals surface area contributed by atoms with Crippen LogP contribution in [0.25, 0.3) is 0 Å². The Kier molecular flexibility index (Phi) is 2.90. The second kappa shape index (κ2) is 3.38. The maximum absolute atomic E-state index is 2.38. The van der Waals surface area contributed by atoms with Crippen LogP contribution in [0.15, 0.2) is 0 Å². The van der Waals surface area contributed by atoms with E-state index >= 15 is 0 Å². The molecule has 0 radical (unpaired) electrons. The van der Waals surface area contributed by atoms with E-state index in [1.54, 1.807) is 0 Å². The molecule has 0 unspecified atom stereocenters. The van der Waals surface area contributed by atoms with E-state index in [-0.39, 0.29) is 0 Å². The van der Waals surface area contributed by atoms with Gasteiger partial charge in [-0.25, -0.2) is 0 Å². The van der Waals surface area contributed by atoms with Crippen LogP contribution in [0.5, 0.6) is 0 Å². The normalized spacial score (nSPS) is 22.4. The molecule has 1 fully saturated rings. The van der Waals surface area contributed by atoms with Gasteiger partial charge in [0.05, 0.1) is 0 Å². The van der Waals surface area contributed by atoms with Crippen molar-refractivity contribution >= 4 is 11.8 Å². The Hall–Kier alpha value is 0.350. The second-order valence-electron chi connectivity index (χ2n) is 4.61. The summed E-state index contributed by atoms with van der Waals surface area (Å²) < 4.78 is 0. The van der Waals surface area contributed by atoms with Crippen molar-refractivity contribution in [2.75, 3.05) is 11.5 Å². The van der Waals surface area contributed by atoms with Crippen LogP contribution in [-0.2, 0) is 0 Å². The molecule has 0 aromatic rings. The fraction of sp³-hybridized carbons (Fsp3) is 1.00. The summed E-state index contributed by atoms with van der Waals surface area (Å²) in [7, 11) is 0. The molecule has 66 valence electrons. The predicted octanol–water partition coefficient (Wildman–Crippen LogP) is 3.42. The summed E-state index contributed by atoms with van der Waals surface area (Å²) in [6, 6.07) is 0. The summed E-state index contributed by atoms with van der Waals surface area (Å²) in [5.74, 6) is 4.57. The van der Waals surface area contributed by atoms with Crippen LogP contribution >= 0.6 is 11.8 Å². The lowest BCUT2D eigenvalue weighted by molar-refractivity contribution is 0.197. The lowest BCUT2D eigenvalue weighted by atomic mass is 9.74. The molecule has 0 aliphatic carbocycles. The number of hydrogen-bond donors (Lipinski definition) is 0. The molecule has 1 aliphatic heterocycles. The van der Waals surface area contributed by atoms with Gasteiger partial charge in [-0.15, -0.1) is 0 Å². The smallest absolute Gasteiger partial charge is 0.0000134 e. The molecule has 1 aliphatic rings. The van der Waals surface area contributed by atoms with Gasteiger partial charge in [-0.2, -0.15) is 11.8 Å². The Morgan fingerprint density at radius 1 is 1.18 bits per heavy atom. The van der Waals surface area contributed by atoms with Gasteiger partial charge in [-0.3, -0.25) is 0 Å². The van der Waals surface area contributed by atoms with Crippen LogP contribution < -0.4 is 0 Å². The standard InChI is InChI=1S/C10H20S/c1-8(2)5-10(9(3)4)6-11-7-10/h8-9H,5-7H2,1-4H3. The minimum Gasteiger partial charge on any atom is -0.161 e. The Bertz CT molecular complexity index is 123. The molecule has 0 nitrogen and oxygen atoms in total. The lowest BCUT2D eigenvalue weighted by Crippen LogP contribution is -2.41. The second-order valence-corrected chi connectivity index (χ2v) is 5.59. The molecule has 11 heavy (non-hydrogen) atoms. The Morgan fingerprint density at radius 2 is 1.73 bits per heavy atom. The van der Waals surface area contributed by atoms with E-state index in [0.29, 0.717) is 5.41 Å². The quantitative estimate of drug-likeness (QED) is 0.628. The first-order valence-corrected chi connectivity index (χ1v) is 5.80. The van der Waals surface area contributed by atoms with Gasteiger partial charge in [0.1, 0.15) is 0 Å². The monoisotopic (exact) mass is 172 g/mol. The largest absolute Gasteiger partial charge is 0.161 e. The van der Waals surface area contributed by atoms with E-state index in [4.69, 9.17) is 0 Å². The van der Waals surface area contributed by atoms with E-state index in [2.05, 4.69) is 39.5 Å². The van der Waals surface area contributed by atoms with Crippen molar-refractivity contribution in [2.45, 2.75) is 34.1 Å². The van der Waals surface area contributed by atoms with Crippen LogP contribution in [-0.4, -0.2) is 11.5 Å². The molecule has 0 spiro atoms. The van der Waals surface area contributed by atoms with Gasteiger partial charge in [-0.1, -0.05) is 27.7 Å². The van der Waals surface area contributed by atoms with Gasteiger partial charge in [-0.05, 0) is 35.2 Å². The first-order valence-electron chi connectivity index (χ1n) is 4.64. The van der Waals surface area contributed by atoms with E-state index in [0.717, 1.165) is 11.8 Å². The summed E-state index contributed by atoms with van der Waals surface area (Å²) in [4.78, 5) is 0. The van der Waals surface area contributed by atoms with E-state index in [1.165, 1.54) is 17.9 Å². The Morgan fingerprint density at radius 3 is 1.82 bits per heavy atom. The van der Waals surface area contributed by atoms with Crippen molar-refractivity contribution < 1.29 is 0 Å². The van der Waals surface area contributed by atoms with E-state index in [9.17, 15) is 0 Å². The van der Waals surface area contributed by atoms with Crippen LogP contribution in [0.2, 0.25) is 0 Å². The van der Waals surface area contributed by atoms with Gasteiger partial charge in [0, 0.05) is 0 Å². The molecule has 1 heteroatoms.